The Kier molecular flexibility index (Phi) is 5.93. The van der Waals surface area contributed by atoms with Crippen LogP contribution in [-0.4, -0.2) is 42.6 Å². The lowest BCUT2D eigenvalue weighted by Gasteiger charge is -2.25. The first kappa shape index (κ1) is 17.3. The number of benzene rings is 2. The van der Waals surface area contributed by atoms with E-state index in [1.165, 1.54) is 4.90 Å². The van der Waals surface area contributed by atoms with Crippen molar-refractivity contribution in [3.05, 3.63) is 71.8 Å². The molecule has 5 heteroatoms. The van der Waals surface area contributed by atoms with Crippen LogP contribution in [0.25, 0.3) is 0 Å². The molecule has 0 aliphatic carbocycles. The molecule has 1 aliphatic heterocycles. The summed E-state index contributed by atoms with van der Waals surface area (Å²) in [5.74, 6) is -0.230. The molecule has 1 heterocycles. The zero-order valence-electron chi connectivity index (χ0n) is 13.9. The minimum atomic E-state index is -0.832. The Morgan fingerprint density at radius 3 is 2.36 bits per heavy atom. The van der Waals surface area contributed by atoms with Gasteiger partial charge in [0.05, 0.1) is 19.3 Å². The SMILES string of the molecule is O=CC1OCC(Cc2ccccc2)N1C(=O)COCc1ccccc1. The molecule has 25 heavy (non-hydrogen) atoms. The standard InChI is InChI=1S/C20H21NO4/c22-12-20-21(18(14-25-20)11-16-7-3-1-4-8-16)19(23)15-24-13-17-9-5-2-6-10-17/h1-10,12,18,20H,11,13-15H2. The smallest absolute Gasteiger partial charge is 0.251 e. The van der Waals surface area contributed by atoms with Crippen LogP contribution in [0.5, 0.6) is 0 Å². The van der Waals surface area contributed by atoms with Crippen LogP contribution in [0, 0.1) is 0 Å². The second-order valence-electron chi connectivity index (χ2n) is 5.98. The zero-order chi connectivity index (χ0) is 17.5. The number of aldehydes is 1. The fourth-order valence-corrected chi connectivity index (χ4v) is 2.98. The molecule has 0 bridgehead atoms. The largest absolute Gasteiger partial charge is 0.367 e. The third kappa shape index (κ3) is 4.53. The number of carbonyl (C=O) groups is 2. The van der Waals surface area contributed by atoms with Crippen LogP contribution >= 0.6 is 0 Å². The molecule has 1 aliphatic rings. The van der Waals surface area contributed by atoms with Crippen molar-refractivity contribution in [3.8, 4) is 0 Å². The average Bonchev–Trinajstić information content (AvgIpc) is 3.06. The van der Waals surface area contributed by atoms with E-state index in [4.69, 9.17) is 9.47 Å². The maximum absolute atomic E-state index is 12.6. The molecule has 0 N–H and O–H groups in total. The minimum Gasteiger partial charge on any atom is -0.367 e. The minimum absolute atomic E-state index is 0.0755. The van der Waals surface area contributed by atoms with Crippen LogP contribution < -0.4 is 0 Å². The molecule has 130 valence electrons. The molecule has 0 spiro atoms. The van der Waals surface area contributed by atoms with Gasteiger partial charge in [0, 0.05) is 0 Å². The summed E-state index contributed by atoms with van der Waals surface area (Å²) in [6.45, 7) is 0.632. The molecule has 2 aromatic carbocycles. The number of rotatable bonds is 7. The molecule has 0 radical (unpaired) electrons. The summed E-state index contributed by atoms with van der Waals surface area (Å²) in [6, 6.07) is 19.4. The normalized spacial score (nSPS) is 19.8. The summed E-state index contributed by atoms with van der Waals surface area (Å²) in [5, 5.41) is 0. The Hall–Kier alpha value is -2.50. The van der Waals surface area contributed by atoms with Crippen molar-refractivity contribution in [3.63, 3.8) is 0 Å². The van der Waals surface area contributed by atoms with Gasteiger partial charge in [0.2, 0.25) is 0 Å². The summed E-state index contributed by atoms with van der Waals surface area (Å²) < 4.78 is 11.0. The number of nitrogens with zero attached hydrogens (tertiary/aromatic N) is 1. The van der Waals surface area contributed by atoms with E-state index in [1.807, 2.05) is 60.7 Å². The quantitative estimate of drug-likeness (QED) is 0.726. The lowest BCUT2D eigenvalue weighted by Crippen LogP contribution is -2.45. The van der Waals surface area contributed by atoms with Gasteiger partial charge in [-0.3, -0.25) is 9.59 Å². The summed E-state index contributed by atoms with van der Waals surface area (Å²) in [6.07, 6.45) is 0.483. The van der Waals surface area contributed by atoms with E-state index < -0.39 is 6.23 Å². The van der Waals surface area contributed by atoms with Crippen molar-refractivity contribution in [2.45, 2.75) is 25.3 Å². The van der Waals surface area contributed by atoms with Crippen molar-refractivity contribution >= 4 is 12.2 Å². The van der Waals surface area contributed by atoms with E-state index >= 15 is 0 Å². The van der Waals surface area contributed by atoms with Gasteiger partial charge in [-0.1, -0.05) is 60.7 Å². The highest BCUT2D eigenvalue weighted by Gasteiger charge is 2.37. The van der Waals surface area contributed by atoms with Crippen LogP contribution in [0.2, 0.25) is 0 Å². The predicted molar refractivity (Wildman–Crippen MR) is 92.7 cm³/mol. The Labute approximate surface area is 147 Å². The summed E-state index contributed by atoms with van der Waals surface area (Å²) in [4.78, 5) is 25.3. The van der Waals surface area contributed by atoms with Gasteiger partial charge in [-0.05, 0) is 17.5 Å². The second-order valence-corrected chi connectivity index (χ2v) is 5.98. The van der Waals surface area contributed by atoms with Crippen LogP contribution in [0.4, 0.5) is 0 Å². The molecule has 2 atom stereocenters. The van der Waals surface area contributed by atoms with E-state index in [0.29, 0.717) is 25.9 Å². The van der Waals surface area contributed by atoms with Crippen LogP contribution in [-0.2, 0) is 32.1 Å². The van der Waals surface area contributed by atoms with Crippen molar-refractivity contribution in [1.29, 1.82) is 0 Å². The molecule has 0 saturated carbocycles. The maximum atomic E-state index is 12.6. The van der Waals surface area contributed by atoms with Crippen LogP contribution in [0.15, 0.2) is 60.7 Å². The zero-order valence-corrected chi connectivity index (χ0v) is 13.9. The summed E-state index contributed by atoms with van der Waals surface area (Å²) in [7, 11) is 0. The molecule has 5 nitrogen and oxygen atoms in total. The fraction of sp³-hybridized carbons (Fsp3) is 0.300. The molecule has 0 aromatic heterocycles. The van der Waals surface area contributed by atoms with Gasteiger partial charge in [-0.25, -0.2) is 0 Å². The molecular weight excluding hydrogens is 318 g/mol. The molecule has 1 amide bonds. The first-order valence-corrected chi connectivity index (χ1v) is 8.31. The van der Waals surface area contributed by atoms with Gasteiger partial charge in [0.1, 0.15) is 6.61 Å². The number of amides is 1. The predicted octanol–water partition coefficient (Wildman–Crippen LogP) is 2.20. The highest BCUT2D eigenvalue weighted by Crippen LogP contribution is 2.20. The lowest BCUT2D eigenvalue weighted by atomic mass is 10.1. The molecule has 1 saturated heterocycles. The number of ether oxygens (including phenoxy) is 2. The third-order valence-electron chi connectivity index (χ3n) is 4.18. The van der Waals surface area contributed by atoms with Gasteiger partial charge in [-0.15, -0.1) is 0 Å². The number of hydrogen-bond acceptors (Lipinski definition) is 4. The van der Waals surface area contributed by atoms with Crippen LogP contribution in [0.3, 0.4) is 0 Å². The topological polar surface area (TPSA) is 55.8 Å². The first-order chi connectivity index (χ1) is 12.3. The lowest BCUT2D eigenvalue weighted by molar-refractivity contribution is -0.146. The fourth-order valence-electron chi connectivity index (χ4n) is 2.98. The summed E-state index contributed by atoms with van der Waals surface area (Å²) in [5.41, 5.74) is 2.10. The van der Waals surface area contributed by atoms with Gasteiger partial charge in [0.25, 0.3) is 5.91 Å². The van der Waals surface area contributed by atoms with E-state index in [-0.39, 0.29) is 18.6 Å². The van der Waals surface area contributed by atoms with Gasteiger partial charge in [0.15, 0.2) is 12.5 Å². The number of hydrogen-bond donors (Lipinski definition) is 0. The molecule has 2 unspecified atom stereocenters. The van der Waals surface area contributed by atoms with Crippen molar-refractivity contribution < 1.29 is 19.1 Å². The Morgan fingerprint density at radius 1 is 1.08 bits per heavy atom. The van der Waals surface area contributed by atoms with Crippen molar-refractivity contribution in [2.24, 2.45) is 0 Å². The average molecular weight is 339 g/mol. The van der Waals surface area contributed by atoms with Gasteiger partial charge >= 0.3 is 0 Å². The Bertz CT molecular complexity index is 689. The Morgan fingerprint density at radius 2 is 1.72 bits per heavy atom. The number of carbonyl (C=O) groups excluding carboxylic acids is 2. The van der Waals surface area contributed by atoms with E-state index in [1.54, 1.807) is 0 Å². The van der Waals surface area contributed by atoms with E-state index in [9.17, 15) is 9.59 Å². The highest BCUT2D eigenvalue weighted by atomic mass is 16.5. The van der Waals surface area contributed by atoms with E-state index in [0.717, 1.165) is 11.1 Å². The monoisotopic (exact) mass is 339 g/mol. The van der Waals surface area contributed by atoms with Crippen molar-refractivity contribution in [1.82, 2.24) is 4.90 Å². The molecule has 1 fully saturated rings. The first-order valence-electron chi connectivity index (χ1n) is 8.31. The van der Waals surface area contributed by atoms with Gasteiger partial charge < -0.3 is 14.4 Å². The molecular formula is C20H21NO4. The maximum Gasteiger partial charge on any atom is 0.251 e. The van der Waals surface area contributed by atoms with Gasteiger partial charge in [-0.2, -0.15) is 0 Å². The second kappa shape index (κ2) is 8.55. The van der Waals surface area contributed by atoms with Crippen LogP contribution in [0.1, 0.15) is 11.1 Å². The van der Waals surface area contributed by atoms with E-state index in [2.05, 4.69) is 0 Å². The summed E-state index contributed by atoms with van der Waals surface area (Å²) >= 11 is 0. The van der Waals surface area contributed by atoms with Crippen molar-refractivity contribution in [2.75, 3.05) is 13.2 Å². The molecule has 3 rings (SSSR count). The molecule has 2 aromatic rings. The third-order valence-corrected chi connectivity index (χ3v) is 4.18. The Balaban J connectivity index is 1.59. The highest BCUT2D eigenvalue weighted by molar-refractivity contribution is 5.81.